The van der Waals surface area contributed by atoms with E-state index in [1.54, 1.807) is 0 Å². The predicted molar refractivity (Wildman–Crippen MR) is 98.3 cm³/mol. The predicted octanol–water partition coefficient (Wildman–Crippen LogP) is 2.52. The van der Waals surface area contributed by atoms with Crippen LogP contribution in [-0.4, -0.2) is 78.6 Å². The van der Waals surface area contributed by atoms with Gasteiger partial charge in [-0.2, -0.15) is 0 Å². The van der Waals surface area contributed by atoms with Gasteiger partial charge < -0.3 is 15.1 Å². The zero-order valence-electron chi connectivity index (χ0n) is 15.7. The van der Waals surface area contributed by atoms with Crippen LogP contribution >= 0.6 is 0 Å². The van der Waals surface area contributed by atoms with Crippen molar-refractivity contribution in [3.05, 3.63) is 0 Å². The Morgan fingerprint density at radius 3 is 2.71 bits per heavy atom. The summed E-state index contributed by atoms with van der Waals surface area (Å²) in [6.45, 7) is 7.45. The molecule has 5 nitrogen and oxygen atoms in total. The molecule has 3 rings (SSSR count). The van der Waals surface area contributed by atoms with Crippen LogP contribution in [0, 0.1) is 0 Å². The van der Waals surface area contributed by atoms with E-state index in [2.05, 4.69) is 29.1 Å². The van der Waals surface area contributed by atoms with Crippen molar-refractivity contribution in [2.45, 2.75) is 76.4 Å². The molecule has 0 spiro atoms. The molecule has 3 fully saturated rings. The van der Waals surface area contributed by atoms with Gasteiger partial charge in [0.25, 0.3) is 0 Å². The van der Waals surface area contributed by atoms with E-state index in [0.717, 1.165) is 38.5 Å². The van der Waals surface area contributed by atoms with Gasteiger partial charge in [-0.05, 0) is 72.0 Å². The fourth-order valence-corrected chi connectivity index (χ4v) is 4.73. The van der Waals surface area contributed by atoms with Crippen LogP contribution in [0.4, 0.5) is 4.79 Å². The first-order valence-corrected chi connectivity index (χ1v) is 10.1. The Hall–Kier alpha value is -0.810. The number of nitrogens with zero attached hydrogens (tertiary/aromatic N) is 3. The topological polar surface area (TPSA) is 38.8 Å². The fraction of sp³-hybridized carbons (Fsp3) is 0.947. The summed E-state index contributed by atoms with van der Waals surface area (Å²) < 4.78 is 0. The van der Waals surface area contributed by atoms with E-state index < -0.39 is 0 Å². The zero-order valence-corrected chi connectivity index (χ0v) is 15.7. The Morgan fingerprint density at radius 2 is 1.88 bits per heavy atom. The summed E-state index contributed by atoms with van der Waals surface area (Å²) in [5.74, 6) is 0. The van der Waals surface area contributed by atoms with Gasteiger partial charge in [0.05, 0.1) is 0 Å². The molecule has 0 aromatic rings. The molecule has 138 valence electrons. The highest BCUT2D eigenvalue weighted by molar-refractivity contribution is 5.74. The largest absolute Gasteiger partial charge is 0.338 e. The highest BCUT2D eigenvalue weighted by atomic mass is 16.2. The molecule has 0 unspecified atom stereocenters. The molecule has 0 aromatic carbocycles. The standard InChI is InChI=1S/C19H36N4O/c1-16-7-3-5-12-22(16)13-6-4-11-20-19(24)23-14-10-17-8-9-18(15-23)21(17)2/h16-18H,3-15H2,1-2H3,(H,20,24)/t16-,17-,18+/m1/s1. The van der Waals surface area contributed by atoms with E-state index in [4.69, 9.17) is 0 Å². The van der Waals surface area contributed by atoms with Crippen molar-refractivity contribution < 1.29 is 4.79 Å². The average molecular weight is 337 g/mol. The van der Waals surface area contributed by atoms with E-state index >= 15 is 0 Å². The molecular formula is C19H36N4O. The number of hydrogen-bond donors (Lipinski definition) is 1. The summed E-state index contributed by atoms with van der Waals surface area (Å²) in [7, 11) is 2.23. The number of unbranched alkanes of at least 4 members (excludes halogenated alkanes) is 1. The molecule has 0 aromatic heterocycles. The summed E-state index contributed by atoms with van der Waals surface area (Å²) in [5.41, 5.74) is 0. The number of urea groups is 1. The minimum Gasteiger partial charge on any atom is -0.338 e. The van der Waals surface area contributed by atoms with Crippen molar-refractivity contribution in [1.29, 1.82) is 0 Å². The van der Waals surface area contributed by atoms with E-state index in [0.29, 0.717) is 12.1 Å². The van der Waals surface area contributed by atoms with Gasteiger partial charge in [-0.3, -0.25) is 4.90 Å². The number of likely N-dealkylation sites (tertiary alicyclic amines) is 2. The molecule has 3 saturated heterocycles. The molecule has 3 aliphatic rings. The number of carbonyl (C=O) groups excluding carboxylic acids is 1. The number of hydrogen-bond acceptors (Lipinski definition) is 3. The average Bonchev–Trinajstić information content (AvgIpc) is 2.81. The number of carbonyl (C=O) groups is 1. The Kier molecular flexibility index (Phi) is 6.39. The van der Waals surface area contributed by atoms with Crippen molar-refractivity contribution in [3.63, 3.8) is 0 Å². The molecule has 0 radical (unpaired) electrons. The van der Waals surface area contributed by atoms with Crippen LogP contribution in [0.3, 0.4) is 0 Å². The van der Waals surface area contributed by atoms with Gasteiger partial charge in [0.1, 0.15) is 0 Å². The maximum absolute atomic E-state index is 12.4. The highest BCUT2D eigenvalue weighted by Crippen LogP contribution is 2.28. The molecular weight excluding hydrogens is 300 g/mol. The Morgan fingerprint density at radius 1 is 1.04 bits per heavy atom. The monoisotopic (exact) mass is 336 g/mol. The van der Waals surface area contributed by atoms with Gasteiger partial charge in [0, 0.05) is 37.8 Å². The highest BCUT2D eigenvalue weighted by Gasteiger charge is 2.35. The zero-order chi connectivity index (χ0) is 16.9. The SMILES string of the molecule is C[C@@H]1CCCCN1CCCCNC(=O)N1CC[C@H]2CC[C@@H](C1)N2C. The third-order valence-electron chi connectivity index (χ3n) is 6.52. The first-order chi connectivity index (χ1) is 11.6. The lowest BCUT2D eigenvalue weighted by atomic mass is 10.0. The van der Waals surface area contributed by atoms with Gasteiger partial charge in [0.2, 0.25) is 0 Å². The quantitative estimate of drug-likeness (QED) is 0.784. The Labute approximate surface area is 147 Å². The van der Waals surface area contributed by atoms with Gasteiger partial charge in [-0.15, -0.1) is 0 Å². The molecule has 5 heteroatoms. The van der Waals surface area contributed by atoms with Gasteiger partial charge in [0.15, 0.2) is 0 Å². The fourth-order valence-electron chi connectivity index (χ4n) is 4.73. The lowest BCUT2D eigenvalue weighted by molar-refractivity contribution is 0.157. The van der Waals surface area contributed by atoms with Gasteiger partial charge >= 0.3 is 6.03 Å². The van der Waals surface area contributed by atoms with E-state index in [9.17, 15) is 4.79 Å². The molecule has 3 heterocycles. The van der Waals surface area contributed by atoms with Gasteiger partial charge in [-0.25, -0.2) is 4.79 Å². The number of piperidine rings is 1. The molecule has 0 aliphatic carbocycles. The summed E-state index contributed by atoms with van der Waals surface area (Å²) in [6.07, 6.45) is 10.1. The molecule has 2 amide bonds. The van der Waals surface area contributed by atoms with Crippen LogP contribution in [0.1, 0.15) is 58.3 Å². The van der Waals surface area contributed by atoms with Crippen molar-refractivity contribution in [2.24, 2.45) is 0 Å². The Bertz CT molecular complexity index is 416. The minimum atomic E-state index is 0.155. The van der Waals surface area contributed by atoms with Crippen molar-refractivity contribution in [3.8, 4) is 0 Å². The third-order valence-corrected chi connectivity index (χ3v) is 6.52. The molecule has 2 bridgehead atoms. The number of amides is 2. The number of fused-ring (bicyclic) bond motifs is 2. The van der Waals surface area contributed by atoms with Crippen LogP contribution in [0.2, 0.25) is 0 Å². The maximum Gasteiger partial charge on any atom is 0.317 e. The number of rotatable bonds is 5. The maximum atomic E-state index is 12.4. The molecule has 3 atom stereocenters. The van der Waals surface area contributed by atoms with E-state index in [-0.39, 0.29) is 6.03 Å². The molecule has 24 heavy (non-hydrogen) atoms. The van der Waals surface area contributed by atoms with Crippen LogP contribution in [0.5, 0.6) is 0 Å². The van der Waals surface area contributed by atoms with Crippen LogP contribution in [-0.2, 0) is 0 Å². The summed E-state index contributed by atoms with van der Waals surface area (Å²) in [4.78, 5) is 19.6. The molecule has 0 saturated carbocycles. The molecule has 1 N–H and O–H groups in total. The second-order valence-electron chi connectivity index (χ2n) is 8.10. The normalized spacial score (nSPS) is 31.9. The number of likely N-dealkylation sites (N-methyl/N-ethyl adjacent to an activating group) is 1. The first-order valence-electron chi connectivity index (χ1n) is 10.1. The summed E-state index contributed by atoms with van der Waals surface area (Å²) in [6, 6.07) is 2.17. The lowest BCUT2D eigenvalue weighted by Crippen LogP contribution is -2.45. The number of nitrogens with one attached hydrogen (secondary N) is 1. The summed E-state index contributed by atoms with van der Waals surface area (Å²) >= 11 is 0. The van der Waals surface area contributed by atoms with Crippen LogP contribution < -0.4 is 5.32 Å². The smallest absolute Gasteiger partial charge is 0.317 e. The second-order valence-corrected chi connectivity index (χ2v) is 8.10. The molecule has 3 aliphatic heterocycles. The Balaban J connectivity index is 1.31. The van der Waals surface area contributed by atoms with Crippen LogP contribution in [0.15, 0.2) is 0 Å². The van der Waals surface area contributed by atoms with Gasteiger partial charge in [-0.1, -0.05) is 6.42 Å². The van der Waals surface area contributed by atoms with Crippen molar-refractivity contribution >= 4 is 6.03 Å². The van der Waals surface area contributed by atoms with Crippen molar-refractivity contribution in [2.75, 3.05) is 39.8 Å². The second kappa shape index (κ2) is 8.52. The third kappa shape index (κ3) is 4.42. The van der Waals surface area contributed by atoms with E-state index in [1.165, 1.54) is 51.6 Å². The van der Waals surface area contributed by atoms with Crippen LogP contribution in [0.25, 0.3) is 0 Å². The minimum absolute atomic E-state index is 0.155. The lowest BCUT2D eigenvalue weighted by Gasteiger charge is -2.33. The first kappa shape index (κ1) is 18.0. The van der Waals surface area contributed by atoms with E-state index in [1.807, 2.05) is 4.90 Å². The van der Waals surface area contributed by atoms with Crippen molar-refractivity contribution in [1.82, 2.24) is 20.0 Å². The summed E-state index contributed by atoms with van der Waals surface area (Å²) in [5, 5.41) is 3.15.